The molecule has 0 radical (unpaired) electrons. The first-order chi connectivity index (χ1) is 15.2. The zero-order chi connectivity index (χ0) is 21.6. The highest BCUT2D eigenvalue weighted by Crippen LogP contribution is 2.32. The number of hydrogen-bond donors (Lipinski definition) is 1. The molecule has 0 aromatic heterocycles. The minimum absolute atomic E-state index is 0. The first kappa shape index (κ1) is 24.1. The van der Waals surface area contributed by atoms with Crippen molar-refractivity contribution in [2.24, 2.45) is 0 Å². The Hall–Kier alpha value is -2.57. The Balaban J connectivity index is 0.00000289. The Labute approximate surface area is 196 Å². The SMILES string of the molecule is CNCCCOc1ccc(C(=O)N2CCC(N3C(=O)CCc4ccccc43)CC2)cc1.Cl. The Morgan fingerprint density at radius 3 is 2.50 bits per heavy atom. The molecule has 2 heterocycles. The summed E-state index contributed by atoms with van der Waals surface area (Å²) in [6.07, 6.45) is 3.94. The summed E-state index contributed by atoms with van der Waals surface area (Å²) in [5.74, 6) is 1.04. The number of hydrogen-bond acceptors (Lipinski definition) is 4. The molecule has 0 bridgehead atoms. The number of benzene rings is 2. The van der Waals surface area contributed by atoms with Crippen molar-refractivity contribution >= 4 is 29.9 Å². The van der Waals surface area contributed by atoms with Gasteiger partial charge in [0.25, 0.3) is 5.91 Å². The van der Waals surface area contributed by atoms with Gasteiger partial charge in [-0.1, -0.05) is 18.2 Å². The molecular weight excluding hydrogens is 426 g/mol. The molecule has 1 N–H and O–H groups in total. The van der Waals surface area contributed by atoms with Crippen LogP contribution < -0.4 is 15.0 Å². The van der Waals surface area contributed by atoms with Gasteiger partial charge in [-0.05, 0) is 75.2 Å². The lowest BCUT2D eigenvalue weighted by Crippen LogP contribution is -2.50. The van der Waals surface area contributed by atoms with Crippen LogP contribution >= 0.6 is 12.4 Å². The molecule has 32 heavy (non-hydrogen) atoms. The van der Waals surface area contributed by atoms with Crippen molar-refractivity contribution in [3.63, 3.8) is 0 Å². The van der Waals surface area contributed by atoms with E-state index in [9.17, 15) is 9.59 Å². The molecule has 0 atom stereocenters. The number of carbonyl (C=O) groups is 2. The number of nitrogens with one attached hydrogen (secondary N) is 1. The number of rotatable bonds is 7. The van der Waals surface area contributed by atoms with E-state index in [2.05, 4.69) is 11.4 Å². The van der Waals surface area contributed by atoms with E-state index in [0.29, 0.717) is 31.7 Å². The fourth-order valence-electron chi connectivity index (χ4n) is 4.50. The number of anilines is 1. The van der Waals surface area contributed by atoms with E-state index < -0.39 is 0 Å². The van der Waals surface area contributed by atoms with Crippen molar-refractivity contribution in [2.45, 2.75) is 38.1 Å². The van der Waals surface area contributed by atoms with E-state index in [-0.39, 0.29) is 30.3 Å². The lowest BCUT2D eigenvalue weighted by molar-refractivity contribution is -0.119. The van der Waals surface area contributed by atoms with E-state index in [1.165, 1.54) is 5.56 Å². The topological polar surface area (TPSA) is 61.9 Å². The Morgan fingerprint density at radius 2 is 1.78 bits per heavy atom. The molecule has 4 rings (SSSR count). The summed E-state index contributed by atoms with van der Waals surface area (Å²) in [5, 5.41) is 3.09. The summed E-state index contributed by atoms with van der Waals surface area (Å²) in [7, 11) is 1.92. The maximum absolute atomic E-state index is 13.0. The van der Waals surface area contributed by atoms with Crippen LogP contribution in [0.2, 0.25) is 0 Å². The second-order valence-corrected chi connectivity index (χ2v) is 8.25. The zero-order valence-corrected chi connectivity index (χ0v) is 19.4. The van der Waals surface area contributed by atoms with Gasteiger partial charge in [-0.15, -0.1) is 12.4 Å². The van der Waals surface area contributed by atoms with Gasteiger partial charge in [0, 0.05) is 36.8 Å². The van der Waals surface area contributed by atoms with Gasteiger partial charge in [0.2, 0.25) is 5.91 Å². The summed E-state index contributed by atoms with van der Waals surface area (Å²) >= 11 is 0. The van der Waals surface area contributed by atoms with Gasteiger partial charge in [0.05, 0.1) is 6.61 Å². The number of nitrogens with zero attached hydrogens (tertiary/aromatic N) is 2. The summed E-state index contributed by atoms with van der Waals surface area (Å²) < 4.78 is 5.71. The van der Waals surface area contributed by atoms with Gasteiger partial charge in [0.1, 0.15) is 5.75 Å². The van der Waals surface area contributed by atoms with Gasteiger partial charge in [0.15, 0.2) is 0 Å². The predicted octanol–water partition coefficient (Wildman–Crippen LogP) is 3.68. The van der Waals surface area contributed by atoms with E-state index in [1.54, 1.807) is 0 Å². The normalized spacial score (nSPS) is 16.3. The minimum atomic E-state index is 0. The average molecular weight is 458 g/mol. The van der Waals surface area contributed by atoms with E-state index in [0.717, 1.165) is 43.7 Å². The second kappa shape index (κ2) is 11.3. The third kappa shape index (κ3) is 5.43. The Kier molecular flexibility index (Phi) is 8.53. The lowest BCUT2D eigenvalue weighted by Gasteiger charge is -2.41. The quantitative estimate of drug-likeness (QED) is 0.644. The van der Waals surface area contributed by atoms with Gasteiger partial charge >= 0.3 is 0 Å². The van der Waals surface area contributed by atoms with Crippen LogP contribution in [0.3, 0.4) is 0 Å². The maximum Gasteiger partial charge on any atom is 0.253 e. The highest BCUT2D eigenvalue weighted by Gasteiger charge is 2.33. The average Bonchev–Trinajstić information content (AvgIpc) is 2.82. The highest BCUT2D eigenvalue weighted by atomic mass is 35.5. The number of amides is 2. The van der Waals surface area contributed by atoms with Crippen molar-refractivity contribution in [1.29, 1.82) is 0 Å². The fourth-order valence-corrected chi connectivity index (χ4v) is 4.50. The molecule has 2 aromatic rings. The van der Waals surface area contributed by atoms with E-state index in [1.807, 2.05) is 59.3 Å². The van der Waals surface area contributed by atoms with Crippen LogP contribution in [0.5, 0.6) is 5.75 Å². The molecule has 2 aliphatic heterocycles. The number of aryl methyl sites for hydroxylation is 1. The van der Waals surface area contributed by atoms with E-state index in [4.69, 9.17) is 4.74 Å². The monoisotopic (exact) mass is 457 g/mol. The van der Waals surface area contributed by atoms with Gasteiger partial charge in [-0.25, -0.2) is 0 Å². The first-order valence-corrected chi connectivity index (χ1v) is 11.2. The fraction of sp³-hybridized carbons (Fsp3) is 0.440. The minimum Gasteiger partial charge on any atom is -0.494 e. The smallest absolute Gasteiger partial charge is 0.253 e. The number of halogens is 1. The van der Waals surface area contributed by atoms with Crippen molar-refractivity contribution in [2.75, 3.05) is 38.2 Å². The Bertz CT molecular complexity index is 911. The third-order valence-electron chi connectivity index (χ3n) is 6.19. The summed E-state index contributed by atoms with van der Waals surface area (Å²) in [4.78, 5) is 29.5. The first-order valence-electron chi connectivity index (χ1n) is 11.2. The van der Waals surface area contributed by atoms with Crippen molar-refractivity contribution < 1.29 is 14.3 Å². The van der Waals surface area contributed by atoms with Crippen LogP contribution in [-0.2, 0) is 11.2 Å². The number of para-hydroxylation sites is 1. The van der Waals surface area contributed by atoms with Crippen molar-refractivity contribution in [3.8, 4) is 5.75 Å². The van der Waals surface area contributed by atoms with Crippen LogP contribution in [-0.4, -0.2) is 56.0 Å². The van der Waals surface area contributed by atoms with Crippen molar-refractivity contribution in [1.82, 2.24) is 10.2 Å². The summed E-state index contributed by atoms with van der Waals surface area (Å²) in [5.41, 5.74) is 2.98. The molecule has 1 fully saturated rings. The van der Waals surface area contributed by atoms with Gasteiger partial charge in [-0.3, -0.25) is 9.59 Å². The molecule has 0 saturated carbocycles. The molecule has 0 aliphatic carbocycles. The molecule has 7 heteroatoms. The number of carbonyl (C=O) groups excluding carboxylic acids is 2. The number of likely N-dealkylation sites (tertiary alicyclic amines) is 1. The highest BCUT2D eigenvalue weighted by molar-refractivity contribution is 5.97. The van der Waals surface area contributed by atoms with Gasteiger partial charge < -0.3 is 19.9 Å². The zero-order valence-electron chi connectivity index (χ0n) is 18.6. The molecule has 1 saturated heterocycles. The summed E-state index contributed by atoms with van der Waals surface area (Å²) in [6, 6.07) is 15.8. The van der Waals surface area contributed by atoms with Crippen LogP contribution in [0.4, 0.5) is 5.69 Å². The molecule has 0 spiro atoms. The third-order valence-corrected chi connectivity index (χ3v) is 6.19. The molecule has 2 aliphatic rings. The van der Waals surface area contributed by atoms with Crippen molar-refractivity contribution in [3.05, 3.63) is 59.7 Å². The lowest BCUT2D eigenvalue weighted by atomic mass is 9.95. The standard InChI is InChI=1S/C25H31N3O3.ClH/c1-26-15-4-18-31-22-10-7-20(8-11-22)25(30)27-16-13-21(14-17-27)28-23-6-3-2-5-19(23)9-12-24(28)29;/h2-3,5-8,10-11,21,26H,4,9,12-18H2,1H3;1H. The van der Waals surface area contributed by atoms with Crippen LogP contribution in [0, 0.1) is 0 Å². The van der Waals surface area contributed by atoms with Crippen LogP contribution in [0.1, 0.15) is 41.6 Å². The molecule has 2 aromatic carbocycles. The second-order valence-electron chi connectivity index (χ2n) is 8.25. The molecular formula is C25H32ClN3O3. The van der Waals surface area contributed by atoms with Gasteiger partial charge in [-0.2, -0.15) is 0 Å². The number of piperidine rings is 1. The van der Waals surface area contributed by atoms with Crippen LogP contribution in [0.25, 0.3) is 0 Å². The number of ether oxygens (including phenoxy) is 1. The molecule has 6 nitrogen and oxygen atoms in total. The van der Waals surface area contributed by atoms with E-state index >= 15 is 0 Å². The maximum atomic E-state index is 13.0. The molecule has 2 amide bonds. The Morgan fingerprint density at radius 1 is 1.06 bits per heavy atom. The van der Waals surface area contributed by atoms with Crippen LogP contribution in [0.15, 0.2) is 48.5 Å². The molecule has 172 valence electrons. The largest absolute Gasteiger partial charge is 0.494 e. The molecule has 0 unspecified atom stereocenters. The predicted molar refractivity (Wildman–Crippen MR) is 129 cm³/mol. The summed E-state index contributed by atoms with van der Waals surface area (Å²) in [6.45, 7) is 2.90. The number of fused-ring (bicyclic) bond motifs is 1.